The number of rotatable bonds is 5. The Hall–Kier alpha value is -2.65. The number of methoxy groups -OCH3 is 1. The second-order valence-electron chi connectivity index (χ2n) is 8.42. The lowest BCUT2D eigenvalue weighted by molar-refractivity contribution is 0.101. The highest BCUT2D eigenvalue weighted by molar-refractivity contribution is 7.21. The molecule has 0 bridgehead atoms. The summed E-state index contributed by atoms with van der Waals surface area (Å²) in [6.07, 6.45) is 2.66. The second kappa shape index (κ2) is 7.20. The van der Waals surface area contributed by atoms with Gasteiger partial charge in [0.2, 0.25) is 5.43 Å². The summed E-state index contributed by atoms with van der Waals surface area (Å²) < 4.78 is 23.1. The van der Waals surface area contributed by atoms with E-state index in [2.05, 4.69) is 0 Å². The maximum Gasteiger partial charge on any atom is 0.202 e. The number of benzene rings is 1. The molecule has 31 heavy (non-hydrogen) atoms. The number of ketones is 1. The zero-order valence-electron chi connectivity index (χ0n) is 17.4. The SMILES string of the molecule is COc1c(N2CC[C@@H](CN)C2)c(F)cc2c(=O)c3c(O)c(C(C)=O)sc3n(C3CC3)c12. The molecule has 0 amide bonds. The topological polar surface area (TPSA) is 97.8 Å². The fraction of sp³-hybridized carbons (Fsp3) is 0.455. The first kappa shape index (κ1) is 20.3. The van der Waals surface area contributed by atoms with Gasteiger partial charge in [0.15, 0.2) is 23.1 Å². The van der Waals surface area contributed by atoms with E-state index in [-0.39, 0.29) is 39.1 Å². The number of hydrogen-bond donors (Lipinski definition) is 2. The molecule has 1 aliphatic carbocycles. The largest absolute Gasteiger partial charge is 0.505 e. The lowest BCUT2D eigenvalue weighted by Gasteiger charge is -2.24. The molecule has 7 nitrogen and oxygen atoms in total. The van der Waals surface area contributed by atoms with E-state index in [1.54, 1.807) is 0 Å². The minimum absolute atomic E-state index is 0.0770. The number of nitrogens with zero attached hydrogens (tertiary/aromatic N) is 2. The number of ether oxygens (including phenoxy) is 1. The second-order valence-corrected chi connectivity index (χ2v) is 9.42. The number of fused-ring (bicyclic) bond motifs is 2. The molecule has 1 aliphatic heterocycles. The van der Waals surface area contributed by atoms with Crippen LogP contribution in [0.5, 0.6) is 11.5 Å². The minimum atomic E-state index is -0.540. The zero-order chi connectivity index (χ0) is 22.0. The van der Waals surface area contributed by atoms with Crippen LogP contribution in [-0.4, -0.2) is 42.2 Å². The van der Waals surface area contributed by atoms with Crippen LogP contribution in [0.3, 0.4) is 0 Å². The molecule has 2 fully saturated rings. The molecule has 0 spiro atoms. The number of hydrogen-bond acceptors (Lipinski definition) is 7. The van der Waals surface area contributed by atoms with Crippen molar-refractivity contribution >= 4 is 43.9 Å². The predicted molar refractivity (Wildman–Crippen MR) is 119 cm³/mol. The van der Waals surface area contributed by atoms with Crippen molar-refractivity contribution in [2.24, 2.45) is 11.7 Å². The predicted octanol–water partition coefficient (Wildman–Crippen LogP) is 3.39. The Bertz CT molecular complexity index is 1290. The number of halogens is 1. The summed E-state index contributed by atoms with van der Waals surface area (Å²) in [5.74, 6) is -0.575. The highest BCUT2D eigenvalue weighted by atomic mass is 32.1. The van der Waals surface area contributed by atoms with Crippen molar-refractivity contribution < 1.29 is 19.0 Å². The summed E-state index contributed by atoms with van der Waals surface area (Å²) in [6, 6.07) is 1.35. The number of anilines is 1. The third kappa shape index (κ3) is 2.94. The molecule has 1 aromatic carbocycles. The molecule has 2 aromatic heterocycles. The first-order valence-corrected chi connectivity index (χ1v) is 11.2. The summed E-state index contributed by atoms with van der Waals surface area (Å²) in [5, 5.41) is 10.9. The monoisotopic (exact) mass is 445 g/mol. The maximum atomic E-state index is 15.4. The molecule has 2 aliphatic rings. The average Bonchev–Trinajstić information content (AvgIpc) is 3.35. The number of aromatic nitrogens is 1. The summed E-state index contributed by atoms with van der Waals surface area (Å²) in [7, 11) is 1.48. The maximum absolute atomic E-state index is 15.4. The third-order valence-electron chi connectivity index (χ3n) is 6.35. The first-order valence-electron chi connectivity index (χ1n) is 10.4. The first-order chi connectivity index (χ1) is 14.9. The average molecular weight is 446 g/mol. The summed E-state index contributed by atoms with van der Waals surface area (Å²) in [6.45, 7) is 3.17. The number of thiophene rings is 1. The summed E-state index contributed by atoms with van der Waals surface area (Å²) >= 11 is 1.11. The lowest BCUT2D eigenvalue weighted by Crippen LogP contribution is -2.24. The van der Waals surface area contributed by atoms with Crippen molar-refractivity contribution in [3.63, 3.8) is 0 Å². The number of pyridine rings is 1. The van der Waals surface area contributed by atoms with Gasteiger partial charge >= 0.3 is 0 Å². The molecule has 3 heterocycles. The van der Waals surface area contributed by atoms with Gasteiger partial charge in [-0.25, -0.2) is 4.39 Å². The van der Waals surface area contributed by atoms with Gasteiger partial charge in [-0.15, -0.1) is 11.3 Å². The van der Waals surface area contributed by atoms with Crippen LogP contribution in [0.25, 0.3) is 21.1 Å². The number of nitrogens with two attached hydrogens (primary N) is 1. The molecule has 164 valence electrons. The molecule has 0 radical (unpaired) electrons. The van der Waals surface area contributed by atoms with Crippen LogP contribution in [0.4, 0.5) is 10.1 Å². The van der Waals surface area contributed by atoms with E-state index >= 15 is 4.39 Å². The van der Waals surface area contributed by atoms with Crippen LogP contribution in [-0.2, 0) is 0 Å². The molecule has 1 saturated heterocycles. The highest BCUT2D eigenvalue weighted by Gasteiger charge is 2.35. The van der Waals surface area contributed by atoms with Gasteiger partial charge in [0, 0.05) is 26.1 Å². The Balaban J connectivity index is 1.90. The molecular formula is C22H24FN3O4S. The Kier molecular flexibility index (Phi) is 4.71. The van der Waals surface area contributed by atoms with Gasteiger partial charge in [0.25, 0.3) is 0 Å². The Morgan fingerprint density at radius 3 is 2.71 bits per heavy atom. The van der Waals surface area contributed by atoms with Crippen LogP contribution in [0.1, 0.15) is 41.9 Å². The zero-order valence-corrected chi connectivity index (χ0v) is 18.2. The van der Waals surface area contributed by atoms with E-state index in [0.29, 0.717) is 41.4 Å². The van der Waals surface area contributed by atoms with Crippen molar-refractivity contribution in [2.75, 3.05) is 31.6 Å². The van der Waals surface area contributed by atoms with E-state index in [1.165, 1.54) is 20.1 Å². The Morgan fingerprint density at radius 1 is 1.39 bits per heavy atom. The molecule has 1 atom stereocenters. The van der Waals surface area contributed by atoms with E-state index in [9.17, 15) is 14.7 Å². The lowest BCUT2D eigenvalue weighted by atomic mass is 10.1. The van der Waals surface area contributed by atoms with Crippen molar-refractivity contribution in [1.29, 1.82) is 0 Å². The van der Waals surface area contributed by atoms with Gasteiger partial charge in [-0.3, -0.25) is 9.59 Å². The standard InChI is InChI=1S/C22H24FN3O4S/c1-10(27)21-19(29)15-18(28)13-7-14(23)17(25-6-5-11(8-24)9-25)20(30-2)16(13)26(12-3-4-12)22(15)31-21/h7,11-12,29H,3-6,8-9,24H2,1-2H3/t11-/m0/s1. The molecule has 5 rings (SSSR count). The van der Waals surface area contributed by atoms with E-state index in [0.717, 1.165) is 30.6 Å². The van der Waals surface area contributed by atoms with E-state index in [4.69, 9.17) is 10.5 Å². The molecule has 1 saturated carbocycles. The van der Waals surface area contributed by atoms with Crippen LogP contribution >= 0.6 is 11.3 Å². The third-order valence-corrected chi connectivity index (χ3v) is 7.63. The Labute approximate surface area is 181 Å². The number of Topliss-reactive ketones (excluding diaryl/α,β-unsaturated/α-hetero) is 1. The quantitative estimate of drug-likeness (QED) is 0.584. The smallest absolute Gasteiger partial charge is 0.202 e. The summed E-state index contributed by atoms with van der Waals surface area (Å²) in [4.78, 5) is 28.0. The number of aromatic hydroxyl groups is 1. The van der Waals surface area contributed by atoms with Crippen molar-refractivity contribution in [1.82, 2.24) is 4.57 Å². The van der Waals surface area contributed by atoms with Crippen molar-refractivity contribution in [3.8, 4) is 11.5 Å². The normalized spacial score (nSPS) is 19.0. The van der Waals surface area contributed by atoms with Crippen molar-refractivity contribution in [3.05, 3.63) is 27.0 Å². The Morgan fingerprint density at radius 2 is 2.13 bits per heavy atom. The molecule has 9 heteroatoms. The van der Waals surface area contributed by atoms with Crippen LogP contribution in [0, 0.1) is 11.7 Å². The van der Waals surface area contributed by atoms with Gasteiger partial charge in [0.05, 0.1) is 18.0 Å². The molecule has 3 N–H and O–H groups in total. The fourth-order valence-electron chi connectivity index (χ4n) is 4.68. The number of carbonyl (C=O) groups is 1. The highest BCUT2D eigenvalue weighted by Crippen LogP contribution is 2.48. The van der Waals surface area contributed by atoms with Crippen LogP contribution < -0.4 is 20.8 Å². The van der Waals surface area contributed by atoms with Crippen LogP contribution in [0.15, 0.2) is 10.9 Å². The van der Waals surface area contributed by atoms with Gasteiger partial charge in [-0.05, 0) is 37.8 Å². The number of carbonyl (C=O) groups excluding carboxylic acids is 1. The minimum Gasteiger partial charge on any atom is -0.505 e. The van der Waals surface area contributed by atoms with E-state index in [1.807, 2.05) is 9.47 Å². The molecule has 0 unspecified atom stereocenters. The summed E-state index contributed by atoms with van der Waals surface area (Å²) in [5.41, 5.74) is 6.19. The van der Waals surface area contributed by atoms with Gasteiger partial charge < -0.3 is 25.0 Å². The molecular weight excluding hydrogens is 421 g/mol. The van der Waals surface area contributed by atoms with Crippen LogP contribution in [0.2, 0.25) is 0 Å². The van der Waals surface area contributed by atoms with Gasteiger partial charge in [-0.2, -0.15) is 0 Å². The fourth-order valence-corrected chi connectivity index (χ4v) is 5.84. The van der Waals surface area contributed by atoms with Gasteiger partial charge in [-0.1, -0.05) is 0 Å². The molecule has 3 aromatic rings. The van der Waals surface area contributed by atoms with Crippen molar-refractivity contribution in [2.45, 2.75) is 32.2 Å². The van der Waals surface area contributed by atoms with E-state index < -0.39 is 11.2 Å². The van der Waals surface area contributed by atoms with Gasteiger partial charge in [0.1, 0.15) is 20.8 Å².